The summed E-state index contributed by atoms with van der Waals surface area (Å²) in [5.41, 5.74) is 9.80. The van der Waals surface area contributed by atoms with E-state index in [2.05, 4.69) is 134 Å². The molecule has 17 rings (SSSR count). The van der Waals surface area contributed by atoms with E-state index in [0.717, 1.165) is 155 Å². The fraction of sp³-hybridized carbons (Fsp3) is 0.469. The van der Waals surface area contributed by atoms with Crippen LogP contribution in [0.2, 0.25) is 0 Å². The lowest BCUT2D eigenvalue weighted by atomic mass is 9.47. The van der Waals surface area contributed by atoms with Crippen molar-refractivity contribution < 1.29 is 80.6 Å². The van der Waals surface area contributed by atoms with Crippen molar-refractivity contribution >= 4 is 17.5 Å². The highest BCUT2D eigenvalue weighted by molar-refractivity contribution is 5.66. The second-order valence-corrected chi connectivity index (χ2v) is 40.4. The average molecular weight is 2040 g/mol. The van der Waals surface area contributed by atoms with Gasteiger partial charge < -0.3 is 75.8 Å². The molecule has 8 aromatic carbocycles. The molecule has 19 nitrogen and oxygen atoms in total. The number of ether oxygens (including phenoxy) is 16. The van der Waals surface area contributed by atoms with Crippen molar-refractivity contribution in [3.05, 3.63) is 351 Å². The van der Waals surface area contributed by atoms with Crippen molar-refractivity contribution in [3.63, 3.8) is 0 Å². The number of nitrogens with zero attached hydrogens (tertiary/aromatic N) is 2. The molecule has 0 aliphatic heterocycles. The number of hydrogen-bond acceptors (Lipinski definition) is 19. The Balaban J connectivity index is 0.000000193. The minimum Gasteiger partial charge on any atom is -0.502 e. The third-order valence-corrected chi connectivity index (χ3v) is 30.5. The molecule has 0 spiro atoms. The van der Waals surface area contributed by atoms with E-state index < -0.39 is 6.16 Å². The van der Waals surface area contributed by atoms with Gasteiger partial charge in [0.2, 0.25) is 0 Å². The lowest BCUT2D eigenvalue weighted by Crippen LogP contribution is -2.51. The molecule has 8 fully saturated rings. The molecule has 0 N–H and O–H groups in total. The standard InChI is InChI=1S/C32H52O4.C17H18O3.C16H16N2O2.C16H16O2.C13H20O.C10H12O2.C9H16O.C9H10O.C8H14O/c1-7-34-19-20-35-30(33)36-25-15-17-31(5)24(21-25)11-12-26-28-14-13-27(23(4)10-8-9-22(2)3)32(28,6)18-16-29(26)31;1-3-19-12-13-20-17-10-6-15(7-11-17)14-4-8-16(18-2)9-5-14;1-2-19-12-13-20-16-10-8-15(9-11-16)18-17-14-6-4-3-5-7-14;1-2-17-12-13-18-16-10-8-15(9-11-16)14-6-4-3-5-7-14;1-2-14-8-10-6-9-7-13(10)12-5-3-4-11(9)12;1-2-11-8-9-12-10-6-4-3-5-7-10;2*1-2-10-8-9-6-4-3-5-7-9;1-2-9-8-6-4-3-5-7-8/h7,11,22-23,25-29H,1,8-10,12-21H2,2-6H3;3-11H,1,12-13H2,2H3;2-11H,1,12-13H2;2-11H,1,12-13H2;2,9-13H,1,3-8H2;2-7H,1,8-9H2;2,9H,1,3-8H2;2-7H,1,8H2;2,8H,1,3-7H2/t23-,25+,26?,27-,28?,29?,31+,32-;;;;;;;;/m1......../s1. The van der Waals surface area contributed by atoms with Crippen LogP contribution in [0.5, 0.6) is 28.7 Å². The van der Waals surface area contributed by atoms with Crippen LogP contribution in [0.25, 0.3) is 22.3 Å². The second-order valence-electron chi connectivity index (χ2n) is 40.4. The molecule has 0 saturated heterocycles. The molecule has 0 heterocycles. The molecule has 9 aliphatic carbocycles. The number of rotatable bonds is 46. The van der Waals surface area contributed by atoms with Gasteiger partial charge in [-0.2, -0.15) is 10.2 Å². The minimum atomic E-state index is -0.571. The topological polar surface area (TPSA) is 189 Å². The summed E-state index contributed by atoms with van der Waals surface area (Å²) >= 11 is 0. The summed E-state index contributed by atoms with van der Waals surface area (Å²) in [6, 6.07) is 70.9. The molecule has 8 saturated carbocycles. The molecular weight excluding hydrogens is 1860 g/mol. The summed E-state index contributed by atoms with van der Waals surface area (Å²) in [6.45, 7) is 51.0. The molecule has 8 unspecified atom stereocenters. The summed E-state index contributed by atoms with van der Waals surface area (Å²) in [5.74, 6) is 15.2. The van der Waals surface area contributed by atoms with Gasteiger partial charge in [-0.3, -0.25) is 0 Å². The van der Waals surface area contributed by atoms with E-state index in [1.807, 2.05) is 194 Å². The Labute approximate surface area is 893 Å². The maximum absolute atomic E-state index is 12.1. The second kappa shape index (κ2) is 70.3. The summed E-state index contributed by atoms with van der Waals surface area (Å²) < 4.78 is 83.5. The van der Waals surface area contributed by atoms with E-state index >= 15 is 0 Å². The molecule has 2 bridgehead atoms. The lowest BCUT2D eigenvalue weighted by molar-refractivity contribution is -0.0621. The number of benzene rings is 8. The van der Waals surface area contributed by atoms with E-state index in [1.54, 1.807) is 31.5 Å². The molecule has 0 aromatic heterocycles. The summed E-state index contributed by atoms with van der Waals surface area (Å²) in [7, 11) is 1.66. The quantitative estimate of drug-likeness (QED) is 0.0115. The van der Waals surface area contributed by atoms with Crippen molar-refractivity contribution in [2.45, 2.75) is 220 Å². The van der Waals surface area contributed by atoms with Gasteiger partial charge in [-0.05, 0) is 304 Å². The van der Waals surface area contributed by atoms with E-state index in [4.69, 9.17) is 75.8 Å². The third-order valence-electron chi connectivity index (χ3n) is 30.5. The van der Waals surface area contributed by atoms with Crippen LogP contribution in [-0.2, 0) is 58.7 Å². The van der Waals surface area contributed by atoms with Crippen LogP contribution in [0.1, 0.15) is 207 Å². The zero-order valence-corrected chi connectivity index (χ0v) is 90.4. The van der Waals surface area contributed by atoms with Crippen LogP contribution >= 0.6 is 0 Å². The van der Waals surface area contributed by atoms with Crippen LogP contribution in [0.15, 0.2) is 356 Å². The number of carbonyl (C=O) groups excluding carboxylic acids is 1. The fourth-order valence-electron chi connectivity index (χ4n) is 23.2. The fourth-order valence-corrected chi connectivity index (χ4v) is 23.2. The van der Waals surface area contributed by atoms with Gasteiger partial charge in [-0.15, -0.1) is 0 Å². The van der Waals surface area contributed by atoms with Crippen LogP contribution in [-0.4, -0.2) is 105 Å². The molecule has 8 aromatic rings. The Morgan fingerprint density at radius 1 is 0.389 bits per heavy atom. The first kappa shape index (κ1) is 120. The van der Waals surface area contributed by atoms with Crippen molar-refractivity contribution in [1.82, 2.24) is 0 Å². The van der Waals surface area contributed by atoms with Gasteiger partial charge in [-0.1, -0.05) is 290 Å². The summed E-state index contributed by atoms with van der Waals surface area (Å²) in [4.78, 5) is 12.1. The van der Waals surface area contributed by atoms with Crippen LogP contribution in [0.4, 0.5) is 16.2 Å². The zero-order valence-electron chi connectivity index (χ0n) is 90.4. The Kier molecular flexibility index (Phi) is 56.5. The van der Waals surface area contributed by atoms with Gasteiger partial charge in [0.15, 0.2) is 0 Å². The number of carbonyl (C=O) groups is 1. The number of azo groups is 1. The largest absolute Gasteiger partial charge is 0.508 e. The Morgan fingerprint density at radius 2 is 0.852 bits per heavy atom. The number of fused-ring (bicyclic) bond motifs is 10. The normalized spacial score (nSPS) is 21.8. The first-order valence-corrected chi connectivity index (χ1v) is 54.6. The summed E-state index contributed by atoms with van der Waals surface area (Å²) in [6.07, 6.45) is 50.5. The maximum atomic E-state index is 12.1. The predicted molar refractivity (Wildman–Crippen MR) is 605 cm³/mol. The lowest BCUT2D eigenvalue weighted by Gasteiger charge is -2.58. The van der Waals surface area contributed by atoms with Crippen molar-refractivity contribution in [3.8, 4) is 51.0 Å². The molecular formula is C130H174N2O17. The summed E-state index contributed by atoms with van der Waals surface area (Å²) in [5, 5.41) is 8.30. The van der Waals surface area contributed by atoms with Gasteiger partial charge in [0, 0.05) is 6.42 Å². The number of para-hydroxylation sites is 1. The number of allylic oxidation sites excluding steroid dienone is 1. The SMILES string of the molecule is C=COC1CCCCC1.C=COCC1CC2CC1C1CCCC21.C=COCC1CCCCC1.C=COCCOC(=O)O[C@H]1CC[C@@]2(C)C(=CCC3C2CC[C@@]2(C)C3CC[C@@H]2[C@H](C)CCCC(C)C)C1.C=COCCOc1ccc(-c2ccc(OC)cc2)cc1.C=COCCOc1ccc(-c2ccccc2)cc1.C=COCCOc1ccc(N=Nc2ccccc2)cc1.C=COCCOc1ccccc1.C=COCc1ccccc1. The third kappa shape index (κ3) is 42.7. The predicted octanol–water partition coefficient (Wildman–Crippen LogP) is 34.1. The molecule has 806 valence electrons. The maximum Gasteiger partial charge on any atom is 0.508 e. The molecule has 13 atom stereocenters. The van der Waals surface area contributed by atoms with Crippen molar-refractivity contribution in [2.24, 2.45) is 92.1 Å². The molecule has 19 heteroatoms. The minimum absolute atomic E-state index is 0.0647. The van der Waals surface area contributed by atoms with Crippen LogP contribution < -0.4 is 23.7 Å². The van der Waals surface area contributed by atoms with Gasteiger partial charge >= 0.3 is 6.16 Å². The van der Waals surface area contributed by atoms with Crippen LogP contribution in [0, 0.1) is 81.8 Å². The molecule has 0 amide bonds. The highest BCUT2D eigenvalue weighted by atomic mass is 16.7. The van der Waals surface area contributed by atoms with Crippen molar-refractivity contribution in [2.75, 3.05) is 86.4 Å². The average Bonchev–Trinajstić information content (AvgIpc) is 1.56. The van der Waals surface area contributed by atoms with Crippen LogP contribution in [0.3, 0.4) is 0 Å². The van der Waals surface area contributed by atoms with E-state index in [0.29, 0.717) is 77.6 Å². The first-order chi connectivity index (χ1) is 72.9. The van der Waals surface area contributed by atoms with Gasteiger partial charge in [0.25, 0.3) is 0 Å². The van der Waals surface area contributed by atoms with E-state index in [9.17, 15) is 4.79 Å². The highest BCUT2D eigenvalue weighted by Crippen LogP contribution is 2.68. The first-order valence-electron chi connectivity index (χ1n) is 54.6. The Hall–Kier alpha value is -12.8. The van der Waals surface area contributed by atoms with Gasteiger partial charge in [0.1, 0.15) is 108 Å². The molecule has 9 aliphatic rings. The molecule has 0 radical (unpaired) electrons. The monoisotopic (exact) mass is 2040 g/mol. The number of methoxy groups -OCH3 is 1. The number of hydrogen-bond donors (Lipinski definition) is 0. The van der Waals surface area contributed by atoms with Gasteiger partial charge in [0.05, 0.1) is 94.2 Å². The zero-order chi connectivity index (χ0) is 106. The molecule has 149 heavy (non-hydrogen) atoms. The van der Waals surface area contributed by atoms with Gasteiger partial charge in [-0.25, -0.2) is 4.79 Å². The Morgan fingerprint density at radius 3 is 1.37 bits per heavy atom. The Bertz CT molecular complexity index is 5060. The van der Waals surface area contributed by atoms with E-state index in [1.165, 1.54) is 202 Å². The van der Waals surface area contributed by atoms with Crippen molar-refractivity contribution in [1.29, 1.82) is 0 Å². The highest BCUT2D eigenvalue weighted by Gasteiger charge is 2.60. The smallest absolute Gasteiger partial charge is 0.502 e. The van der Waals surface area contributed by atoms with E-state index in [-0.39, 0.29) is 18.1 Å².